The molecule has 0 radical (unpaired) electrons. The van der Waals surface area contributed by atoms with Gasteiger partial charge in [0.1, 0.15) is 0 Å². The zero-order chi connectivity index (χ0) is 6.85. The van der Waals surface area contributed by atoms with E-state index in [1.165, 1.54) is 0 Å². The highest BCUT2D eigenvalue weighted by Gasteiger charge is 2.26. The topological polar surface area (TPSA) is 66.5 Å². The Bertz CT molecular complexity index is 87.1. The molecule has 0 aromatic rings. The summed E-state index contributed by atoms with van der Waals surface area (Å²) in [4.78, 5) is 0. The Hall–Kier alpha value is -0.120. The first-order chi connectivity index (χ1) is 4.22. The second-order valence-corrected chi connectivity index (χ2v) is 2.64. The minimum atomic E-state index is -0.492. The summed E-state index contributed by atoms with van der Waals surface area (Å²) >= 11 is 0. The van der Waals surface area contributed by atoms with Crippen LogP contribution in [0.5, 0.6) is 0 Å². The molecule has 3 atom stereocenters. The molecule has 3 heteroatoms. The molecule has 0 bridgehead atoms. The number of rotatable bonds is 0. The molecule has 4 N–H and O–H groups in total. The normalized spacial score (nSPS) is 45.0. The van der Waals surface area contributed by atoms with E-state index in [4.69, 9.17) is 15.9 Å². The van der Waals surface area contributed by atoms with Crippen LogP contribution in [0, 0.1) is 0 Å². The van der Waals surface area contributed by atoms with Crippen LogP contribution in [0.1, 0.15) is 19.3 Å². The van der Waals surface area contributed by atoms with E-state index in [1.54, 1.807) is 0 Å². The minimum absolute atomic E-state index is 0.418. The number of aliphatic hydroxyl groups is 2. The van der Waals surface area contributed by atoms with E-state index in [0.717, 1.165) is 19.3 Å². The zero-order valence-electron chi connectivity index (χ0n) is 5.33. The molecule has 2 unspecified atom stereocenters. The third-order valence-electron chi connectivity index (χ3n) is 1.89. The molecule has 1 aliphatic rings. The first kappa shape index (κ1) is 6.99. The van der Waals surface area contributed by atoms with E-state index in [9.17, 15) is 0 Å². The fourth-order valence-corrected chi connectivity index (χ4v) is 1.18. The summed E-state index contributed by atoms with van der Waals surface area (Å²) in [5.41, 5.74) is 5.42. The highest BCUT2D eigenvalue weighted by molar-refractivity contribution is 4.83. The van der Waals surface area contributed by atoms with Crippen molar-refractivity contribution in [1.29, 1.82) is 0 Å². The van der Waals surface area contributed by atoms with Crippen molar-refractivity contribution >= 4 is 0 Å². The molecule has 54 valence electrons. The predicted molar refractivity (Wildman–Crippen MR) is 33.8 cm³/mol. The average Bonchev–Trinajstić information content (AvgIpc) is 1.83. The van der Waals surface area contributed by atoms with E-state index < -0.39 is 18.2 Å². The number of aliphatic hydroxyl groups excluding tert-OH is 2. The molecule has 1 rings (SSSR count). The quantitative estimate of drug-likeness (QED) is 0.404. The van der Waals surface area contributed by atoms with Gasteiger partial charge in [0.25, 0.3) is 0 Å². The molecule has 0 heterocycles. The lowest BCUT2D eigenvalue weighted by molar-refractivity contribution is 0.0177. The van der Waals surface area contributed by atoms with Crippen LogP contribution in [0.4, 0.5) is 0 Å². The van der Waals surface area contributed by atoms with Crippen molar-refractivity contribution in [2.24, 2.45) is 5.73 Å². The number of hydrogen-bond acceptors (Lipinski definition) is 3. The van der Waals surface area contributed by atoms with Crippen LogP contribution >= 0.6 is 0 Å². The average molecular weight is 131 g/mol. The van der Waals surface area contributed by atoms with Crippen molar-refractivity contribution in [1.82, 2.24) is 0 Å². The fraction of sp³-hybridized carbons (Fsp3) is 1.00. The van der Waals surface area contributed by atoms with Crippen molar-refractivity contribution in [2.45, 2.75) is 37.5 Å². The molecule has 0 aromatic heterocycles. The maximum Gasteiger partial charge on any atom is 0.0716 e. The van der Waals surface area contributed by atoms with Crippen LogP contribution in [0.25, 0.3) is 0 Å². The maximum atomic E-state index is 9.06. The van der Waals surface area contributed by atoms with E-state index in [1.807, 2.05) is 0 Å². The first-order valence-corrected chi connectivity index (χ1v) is 3.33. The molecule has 0 aromatic carbocycles. The lowest BCUT2D eigenvalue weighted by Crippen LogP contribution is -2.47. The summed E-state index contributed by atoms with van der Waals surface area (Å²) < 4.78 is 0. The van der Waals surface area contributed by atoms with E-state index in [2.05, 4.69) is 0 Å². The number of hydrogen-bond donors (Lipinski definition) is 3. The van der Waals surface area contributed by atoms with Crippen LogP contribution in [0.15, 0.2) is 0 Å². The molecule has 1 fully saturated rings. The summed E-state index contributed by atoms with van der Waals surface area (Å²) in [7, 11) is 0. The summed E-state index contributed by atoms with van der Waals surface area (Å²) in [6.45, 7) is 0. The Balaban J connectivity index is 2.41. The maximum absolute atomic E-state index is 9.06. The van der Waals surface area contributed by atoms with Crippen LogP contribution in [0.3, 0.4) is 0 Å². The largest absolute Gasteiger partial charge is 0.391 e. The molecule has 0 aliphatic heterocycles. The van der Waals surface area contributed by atoms with Gasteiger partial charge < -0.3 is 15.9 Å². The first-order valence-electron chi connectivity index (χ1n) is 3.33. The van der Waals surface area contributed by atoms with Gasteiger partial charge in [-0.1, -0.05) is 0 Å². The van der Waals surface area contributed by atoms with Crippen molar-refractivity contribution in [2.75, 3.05) is 0 Å². The fourth-order valence-electron chi connectivity index (χ4n) is 1.18. The minimum Gasteiger partial charge on any atom is -0.391 e. The molecule has 3 nitrogen and oxygen atoms in total. The Labute approximate surface area is 54.5 Å². The molecular formula is C6H13NO2. The highest BCUT2D eigenvalue weighted by Crippen LogP contribution is 2.16. The molecule has 0 amide bonds. The van der Waals surface area contributed by atoms with Crippen molar-refractivity contribution in [3.63, 3.8) is 0 Å². The molecule has 0 spiro atoms. The van der Waals surface area contributed by atoms with Crippen molar-refractivity contribution in [3.8, 4) is 0 Å². The predicted octanol–water partition coefficient (Wildman–Crippen LogP) is -0.781. The van der Waals surface area contributed by atoms with Gasteiger partial charge in [-0.25, -0.2) is 0 Å². The van der Waals surface area contributed by atoms with Gasteiger partial charge in [0.2, 0.25) is 0 Å². The monoisotopic (exact) mass is 131 g/mol. The van der Waals surface area contributed by atoms with Crippen LogP contribution in [-0.4, -0.2) is 28.5 Å². The lowest BCUT2D eigenvalue weighted by Gasteiger charge is -2.28. The van der Waals surface area contributed by atoms with Gasteiger partial charge >= 0.3 is 0 Å². The Morgan fingerprint density at radius 3 is 1.89 bits per heavy atom. The van der Waals surface area contributed by atoms with Gasteiger partial charge in [0.05, 0.1) is 18.2 Å². The summed E-state index contributed by atoms with van der Waals surface area (Å²) in [6.07, 6.45) is 1.37. The van der Waals surface area contributed by atoms with E-state index in [-0.39, 0.29) is 0 Å². The molecule has 0 saturated heterocycles. The van der Waals surface area contributed by atoms with Gasteiger partial charge in [-0.05, 0) is 19.3 Å². The SMILES string of the molecule is NC1C(O)CCC[C@H]1O. The van der Waals surface area contributed by atoms with Gasteiger partial charge in [0.15, 0.2) is 0 Å². The smallest absolute Gasteiger partial charge is 0.0716 e. The standard InChI is InChI=1S/C6H13NO2/c7-6-4(8)2-1-3-5(6)9/h4-6,8-9H,1-3,7H2/t4-,5?,6?/m1/s1. The van der Waals surface area contributed by atoms with Crippen molar-refractivity contribution < 1.29 is 10.2 Å². The van der Waals surface area contributed by atoms with Gasteiger partial charge in [-0.2, -0.15) is 0 Å². The Morgan fingerprint density at radius 2 is 1.56 bits per heavy atom. The van der Waals surface area contributed by atoms with Crippen LogP contribution in [0.2, 0.25) is 0 Å². The second kappa shape index (κ2) is 2.64. The summed E-state index contributed by atoms with van der Waals surface area (Å²) in [5.74, 6) is 0. The van der Waals surface area contributed by atoms with Crippen molar-refractivity contribution in [3.05, 3.63) is 0 Å². The highest BCUT2D eigenvalue weighted by atomic mass is 16.3. The van der Waals surface area contributed by atoms with Crippen LogP contribution < -0.4 is 5.73 Å². The summed E-state index contributed by atoms with van der Waals surface area (Å²) in [6, 6.07) is -0.418. The molecular weight excluding hydrogens is 118 g/mol. The number of nitrogens with two attached hydrogens (primary N) is 1. The third kappa shape index (κ3) is 1.41. The third-order valence-corrected chi connectivity index (χ3v) is 1.89. The van der Waals surface area contributed by atoms with Crippen LogP contribution in [-0.2, 0) is 0 Å². The second-order valence-electron chi connectivity index (χ2n) is 2.64. The molecule has 9 heavy (non-hydrogen) atoms. The lowest BCUT2D eigenvalue weighted by atomic mass is 9.91. The van der Waals surface area contributed by atoms with E-state index >= 15 is 0 Å². The molecule has 1 saturated carbocycles. The molecule has 1 aliphatic carbocycles. The van der Waals surface area contributed by atoms with Gasteiger partial charge in [0, 0.05) is 0 Å². The Kier molecular flexibility index (Phi) is 2.05. The van der Waals surface area contributed by atoms with E-state index in [0.29, 0.717) is 0 Å². The Morgan fingerprint density at radius 1 is 1.11 bits per heavy atom. The summed E-state index contributed by atoms with van der Waals surface area (Å²) in [5, 5.41) is 18.1. The van der Waals surface area contributed by atoms with Gasteiger partial charge in [-0.15, -0.1) is 0 Å². The van der Waals surface area contributed by atoms with Gasteiger partial charge in [-0.3, -0.25) is 0 Å². The zero-order valence-corrected chi connectivity index (χ0v) is 5.33.